The molecule has 0 N–H and O–H groups in total. The topological polar surface area (TPSA) is 26.8 Å². The lowest BCUT2D eigenvalue weighted by Crippen LogP contribution is -2.59. The fourth-order valence-corrected chi connectivity index (χ4v) is 4.21. The number of nitrogens with zero attached hydrogens (tertiary/aromatic N) is 3. The van der Waals surface area contributed by atoms with Gasteiger partial charge in [0, 0.05) is 38.3 Å². The molecule has 1 aliphatic heterocycles. The molecule has 1 saturated heterocycles. The molecular weight excluding hydrogens is 329 g/mol. The minimum absolute atomic E-state index is 0.108. The highest BCUT2D eigenvalue weighted by Gasteiger charge is 2.41. The molecule has 3 atom stereocenters. The van der Waals surface area contributed by atoms with Crippen molar-refractivity contribution in [3.63, 3.8) is 0 Å². The predicted molar refractivity (Wildman–Crippen MR) is 103 cm³/mol. The summed E-state index contributed by atoms with van der Waals surface area (Å²) in [6, 6.07) is 7.24. The van der Waals surface area contributed by atoms with Gasteiger partial charge in [0.2, 0.25) is 5.91 Å². The van der Waals surface area contributed by atoms with E-state index in [2.05, 4.69) is 37.7 Å². The summed E-state index contributed by atoms with van der Waals surface area (Å²) >= 11 is 0. The molecule has 1 aliphatic carbocycles. The van der Waals surface area contributed by atoms with Crippen molar-refractivity contribution in [3.05, 3.63) is 35.6 Å². The van der Waals surface area contributed by atoms with E-state index in [1.54, 1.807) is 12.1 Å². The number of carbonyl (C=O) groups is 1. The average Bonchev–Trinajstić information content (AvgIpc) is 3.40. The Morgan fingerprint density at radius 2 is 1.73 bits per heavy atom. The number of piperazine rings is 1. The molecule has 1 heterocycles. The van der Waals surface area contributed by atoms with Gasteiger partial charge in [-0.1, -0.05) is 12.1 Å². The maximum absolute atomic E-state index is 13.3. The summed E-state index contributed by atoms with van der Waals surface area (Å²) < 4.78 is 13.3. The van der Waals surface area contributed by atoms with Crippen LogP contribution >= 0.6 is 0 Å². The van der Waals surface area contributed by atoms with E-state index < -0.39 is 0 Å². The third-order valence-electron chi connectivity index (χ3n) is 5.81. The zero-order valence-electron chi connectivity index (χ0n) is 16.5. The molecule has 1 aromatic rings. The molecule has 26 heavy (non-hydrogen) atoms. The van der Waals surface area contributed by atoms with Crippen LogP contribution in [0, 0.1) is 11.7 Å². The summed E-state index contributed by atoms with van der Waals surface area (Å²) in [5, 5.41) is 0. The van der Waals surface area contributed by atoms with Crippen LogP contribution in [0.25, 0.3) is 0 Å². The Bertz CT molecular complexity index is 602. The number of amides is 1. The zero-order chi connectivity index (χ0) is 18.8. The molecule has 2 fully saturated rings. The van der Waals surface area contributed by atoms with Crippen LogP contribution in [-0.4, -0.2) is 73.0 Å². The van der Waals surface area contributed by atoms with Gasteiger partial charge in [-0.25, -0.2) is 4.39 Å². The second kappa shape index (κ2) is 8.05. The van der Waals surface area contributed by atoms with Crippen molar-refractivity contribution < 1.29 is 9.18 Å². The van der Waals surface area contributed by atoms with E-state index in [-0.39, 0.29) is 17.6 Å². The molecule has 4 nitrogen and oxygen atoms in total. The van der Waals surface area contributed by atoms with E-state index in [4.69, 9.17) is 0 Å². The van der Waals surface area contributed by atoms with Gasteiger partial charge in [0.1, 0.15) is 5.82 Å². The van der Waals surface area contributed by atoms with Crippen molar-refractivity contribution in [1.82, 2.24) is 14.7 Å². The van der Waals surface area contributed by atoms with Crippen LogP contribution < -0.4 is 0 Å². The van der Waals surface area contributed by atoms with Crippen molar-refractivity contribution in [2.45, 2.75) is 44.7 Å². The molecule has 144 valence electrons. The number of carbonyl (C=O) groups excluding carboxylic acids is 1. The Kier molecular flexibility index (Phi) is 5.98. The van der Waals surface area contributed by atoms with Crippen LogP contribution in [0.5, 0.6) is 0 Å². The summed E-state index contributed by atoms with van der Waals surface area (Å²) in [7, 11) is 4.19. The first-order valence-electron chi connectivity index (χ1n) is 9.81. The molecule has 3 unspecified atom stereocenters. The van der Waals surface area contributed by atoms with Gasteiger partial charge in [0.25, 0.3) is 0 Å². The first kappa shape index (κ1) is 19.3. The highest BCUT2D eigenvalue weighted by molar-refractivity contribution is 5.84. The highest BCUT2D eigenvalue weighted by Crippen LogP contribution is 2.44. The molecule has 0 bridgehead atoms. The SMILES string of the molecule is CC1CN(C(=O)C(c2ccc(F)cc2)C2CC2)CC(C)N1CCN(C)C. The van der Waals surface area contributed by atoms with E-state index in [9.17, 15) is 9.18 Å². The van der Waals surface area contributed by atoms with Crippen molar-refractivity contribution in [2.24, 2.45) is 5.92 Å². The first-order valence-corrected chi connectivity index (χ1v) is 9.81. The Balaban J connectivity index is 1.69. The highest BCUT2D eigenvalue weighted by atomic mass is 19.1. The van der Waals surface area contributed by atoms with Gasteiger partial charge in [0.15, 0.2) is 0 Å². The van der Waals surface area contributed by atoms with E-state index in [0.717, 1.165) is 44.6 Å². The van der Waals surface area contributed by atoms with Crippen LogP contribution in [0.3, 0.4) is 0 Å². The first-order chi connectivity index (χ1) is 12.4. The number of rotatable bonds is 6. The lowest BCUT2D eigenvalue weighted by Gasteiger charge is -2.45. The predicted octanol–water partition coefficient (Wildman–Crippen LogP) is 2.80. The van der Waals surface area contributed by atoms with Gasteiger partial charge < -0.3 is 9.80 Å². The summed E-state index contributed by atoms with van der Waals surface area (Å²) in [6.45, 7) is 8.05. The standard InChI is InChI=1S/C21H32FN3O/c1-15-13-24(14-16(2)25(15)12-11-23(3)4)21(26)20(17-5-6-17)18-7-9-19(22)10-8-18/h7-10,15-17,20H,5-6,11-14H2,1-4H3. The Morgan fingerprint density at radius 3 is 2.23 bits per heavy atom. The number of hydrogen-bond acceptors (Lipinski definition) is 3. The molecule has 5 heteroatoms. The van der Waals surface area contributed by atoms with Gasteiger partial charge >= 0.3 is 0 Å². The second-order valence-electron chi connectivity index (χ2n) is 8.35. The average molecular weight is 362 g/mol. The van der Waals surface area contributed by atoms with Crippen molar-refractivity contribution in [3.8, 4) is 0 Å². The van der Waals surface area contributed by atoms with Gasteiger partial charge in [-0.05, 0) is 64.4 Å². The lowest BCUT2D eigenvalue weighted by atomic mass is 9.91. The monoisotopic (exact) mass is 361 g/mol. The Morgan fingerprint density at radius 1 is 1.15 bits per heavy atom. The normalized spacial score (nSPS) is 25.5. The molecule has 1 amide bonds. The molecular formula is C21H32FN3O. The van der Waals surface area contributed by atoms with Gasteiger partial charge in [0.05, 0.1) is 5.92 Å². The van der Waals surface area contributed by atoms with E-state index in [0.29, 0.717) is 18.0 Å². The molecule has 2 aliphatic rings. The maximum atomic E-state index is 13.3. The largest absolute Gasteiger partial charge is 0.339 e. The molecule has 3 rings (SSSR count). The Labute approximate surface area is 157 Å². The fourth-order valence-electron chi connectivity index (χ4n) is 4.21. The number of likely N-dealkylation sites (N-methyl/N-ethyl adjacent to an activating group) is 1. The fraction of sp³-hybridized carbons (Fsp3) is 0.667. The van der Waals surface area contributed by atoms with Crippen LogP contribution in [0.4, 0.5) is 4.39 Å². The maximum Gasteiger partial charge on any atom is 0.230 e. The minimum Gasteiger partial charge on any atom is -0.339 e. The van der Waals surface area contributed by atoms with E-state index >= 15 is 0 Å². The van der Waals surface area contributed by atoms with E-state index in [1.165, 1.54) is 12.1 Å². The van der Waals surface area contributed by atoms with Crippen LogP contribution in [0.1, 0.15) is 38.2 Å². The summed E-state index contributed by atoms with van der Waals surface area (Å²) in [4.78, 5) is 20.1. The summed E-state index contributed by atoms with van der Waals surface area (Å²) in [5.74, 6) is 0.297. The van der Waals surface area contributed by atoms with Gasteiger partial charge in [-0.3, -0.25) is 9.69 Å². The van der Waals surface area contributed by atoms with E-state index in [1.807, 2.05) is 4.90 Å². The number of halogens is 1. The third-order valence-corrected chi connectivity index (χ3v) is 5.81. The lowest BCUT2D eigenvalue weighted by molar-refractivity contribution is -0.137. The number of hydrogen-bond donors (Lipinski definition) is 0. The van der Waals surface area contributed by atoms with Gasteiger partial charge in [-0.2, -0.15) is 0 Å². The van der Waals surface area contributed by atoms with Crippen LogP contribution in [0.2, 0.25) is 0 Å². The molecule has 1 saturated carbocycles. The quantitative estimate of drug-likeness (QED) is 0.780. The Hall–Kier alpha value is -1.46. The summed E-state index contributed by atoms with van der Waals surface area (Å²) in [5.41, 5.74) is 0.967. The summed E-state index contributed by atoms with van der Waals surface area (Å²) in [6.07, 6.45) is 2.20. The van der Waals surface area contributed by atoms with Crippen molar-refractivity contribution in [2.75, 3.05) is 40.3 Å². The molecule has 0 aromatic heterocycles. The van der Waals surface area contributed by atoms with Crippen LogP contribution in [-0.2, 0) is 4.79 Å². The molecule has 1 aromatic carbocycles. The number of benzene rings is 1. The van der Waals surface area contributed by atoms with Crippen LogP contribution in [0.15, 0.2) is 24.3 Å². The third kappa shape index (κ3) is 4.44. The minimum atomic E-state index is -0.243. The smallest absolute Gasteiger partial charge is 0.230 e. The second-order valence-corrected chi connectivity index (χ2v) is 8.35. The van der Waals surface area contributed by atoms with Gasteiger partial charge in [-0.15, -0.1) is 0 Å². The molecule has 0 spiro atoms. The molecule has 0 radical (unpaired) electrons. The zero-order valence-corrected chi connectivity index (χ0v) is 16.5. The van der Waals surface area contributed by atoms with Crippen molar-refractivity contribution >= 4 is 5.91 Å². The van der Waals surface area contributed by atoms with Crippen molar-refractivity contribution in [1.29, 1.82) is 0 Å².